The molecule has 0 aliphatic rings. The largest absolute Gasteiger partial charge is 0.663 e. The quantitative estimate of drug-likeness (QED) is 0.256. The number of hydrogen-bond donors (Lipinski definition) is 0. The van der Waals surface area contributed by atoms with Gasteiger partial charge in [-0.05, 0) is 23.8 Å². The molecule has 7 nitrogen and oxygen atoms in total. The second-order valence-corrected chi connectivity index (χ2v) is 4.62. The van der Waals surface area contributed by atoms with E-state index in [4.69, 9.17) is 10.2 Å². The molecule has 4 aromatic rings. The van der Waals surface area contributed by atoms with E-state index in [0.717, 1.165) is 5.56 Å². The van der Waals surface area contributed by atoms with Crippen LogP contribution in [0.3, 0.4) is 0 Å². The van der Waals surface area contributed by atoms with Gasteiger partial charge in [0.05, 0.1) is 29.2 Å². The topological polar surface area (TPSA) is 106 Å². The third-order valence-electron chi connectivity index (χ3n) is 3.09. The van der Waals surface area contributed by atoms with Gasteiger partial charge < -0.3 is 29.8 Å². The minimum absolute atomic E-state index is 0. The van der Waals surface area contributed by atoms with E-state index in [0.29, 0.717) is 22.5 Å². The number of nitrogens with zero attached hydrogens (tertiary/aromatic N) is 4. The predicted molar refractivity (Wildman–Crippen MR) is 122 cm³/mol. The summed E-state index contributed by atoms with van der Waals surface area (Å²) >= 11 is 0. The molecule has 1 amide bonds. The third-order valence-corrected chi connectivity index (χ3v) is 3.09. The summed E-state index contributed by atoms with van der Waals surface area (Å²) in [5, 5.41) is 7.17. The second-order valence-electron chi connectivity index (χ2n) is 4.62. The summed E-state index contributed by atoms with van der Waals surface area (Å²) in [6.07, 6.45) is 5.38. The number of aromatic nitrogens is 4. The van der Waals surface area contributed by atoms with Crippen LogP contribution in [-0.4, -0.2) is 26.1 Å². The number of pyridine rings is 2. The van der Waals surface area contributed by atoms with Crippen LogP contribution < -0.4 is 0 Å². The Balaban J connectivity index is -0.000000192. The Kier molecular flexibility index (Phi) is 27.0. The zero-order chi connectivity index (χ0) is 20.8. The van der Waals surface area contributed by atoms with Crippen LogP contribution in [0, 0.1) is 21.2 Å². The van der Waals surface area contributed by atoms with Gasteiger partial charge in [-0.2, -0.15) is 0 Å². The normalized spacial score (nSPS) is 7.88. The number of benzene rings is 1. The Bertz CT molecular complexity index is 948. The number of carbonyl (C=O) groups is 1. The number of hydrogen-bond acceptors (Lipinski definition) is 6. The third kappa shape index (κ3) is 12.0. The van der Waals surface area contributed by atoms with Crippen molar-refractivity contribution >= 4 is 16.9 Å². The molecule has 0 aliphatic heterocycles. The average molecular weight is 585 g/mol. The summed E-state index contributed by atoms with van der Waals surface area (Å²) < 4.78 is 4.87. The number of amides is 1. The molecule has 2 radical (unpaired) electrons. The molecule has 0 spiro atoms. The minimum Gasteiger partial charge on any atom is -0.663 e. The maximum atomic E-state index is 10.9. The van der Waals surface area contributed by atoms with Crippen molar-refractivity contribution in [1.82, 2.24) is 20.2 Å². The van der Waals surface area contributed by atoms with Gasteiger partial charge in [-0.15, -0.1) is 0 Å². The van der Waals surface area contributed by atoms with E-state index < -0.39 is 5.91 Å². The van der Waals surface area contributed by atoms with E-state index in [1.54, 1.807) is 18.3 Å². The Hall–Kier alpha value is -1.40. The maximum Gasteiger partial charge on any atom is 0.0978 e. The van der Waals surface area contributed by atoms with Gasteiger partial charge in [-0.1, -0.05) is 58.0 Å². The molecule has 0 bridgehead atoms. The van der Waals surface area contributed by atoms with Crippen molar-refractivity contribution in [3.8, 4) is 11.5 Å². The molecule has 0 saturated carbocycles. The fraction of sp³-hybridized carbons (Fsp3) is 0.174. The summed E-state index contributed by atoms with van der Waals surface area (Å²) in [5.74, 6) is -0.225. The molecule has 0 atom stereocenters. The molecule has 0 saturated heterocycles. The molecule has 1 N–H and O–H groups in total. The number of nitrogens with one attached hydrogen (secondary N) is 1. The molecule has 0 fully saturated rings. The predicted octanol–water partition coefficient (Wildman–Crippen LogP) is 6.31. The average Bonchev–Trinajstić information content (AvgIpc) is 3.32. The smallest absolute Gasteiger partial charge is 0.0978 e. The monoisotopic (exact) mass is 585 g/mol. The van der Waals surface area contributed by atoms with Gasteiger partial charge in [0.15, 0.2) is 0 Å². The zero-order valence-electron chi connectivity index (χ0n) is 19.5. The first-order valence-corrected chi connectivity index (χ1v) is 8.96. The van der Waals surface area contributed by atoms with Crippen molar-refractivity contribution < 1.29 is 74.6 Å². The summed E-state index contributed by atoms with van der Waals surface area (Å²) in [4.78, 5) is 18.9. The van der Waals surface area contributed by atoms with Gasteiger partial charge in [-0.25, -0.2) is 10.2 Å². The SMILES string of the molecule is CC.CC.[CH3-].[CH3-].[NH-]C(=O)c1ccnc2cccnc12.[Y].[Y].[c-]1nnc(-c2ccccc2)o1. The maximum absolute atomic E-state index is 10.9. The van der Waals surface area contributed by atoms with Crippen LogP contribution in [0.2, 0.25) is 0 Å². The van der Waals surface area contributed by atoms with Gasteiger partial charge in [0, 0.05) is 83.4 Å². The Morgan fingerprint density at radius 1 is 0.875 bits per heavy atom. The van der Waals surface area contributed by atoms with Crippen LogP contribution in [0.15, 0.2) is 65.3 Å². The second kappa shape index (κ2) is 22.8. The zero-order valence-corrected chi connectivity index (χ0v) is 25.2. The van der Waals surface area contributed by atoms with E-state index >= 15 is 0 Å². The van der Waals surface area contributed by atoms with Crippen LogP contribution in [-0.2, 0) is 65.4 Å². The van der Waals surface area contributed by atoms with E-state index in [-0.39, 0.29) is 80.3 Å². The van der Waals surface area contributed by atoms with Crippen LogP contribution in [0.4, 0.5) is 0 Å². The van der Waals surface area contributed by atoms with Gasteiger partial charge >= 0.3 is 0 Å². The number of carbonyl (C=O) groups excluding carboxylic acids is 1. The van der Waals surface area contributed by atoms with Gasteiger partial charge in [0.25, 0.3) is 0 Å². The van der Waals surface area contributed by atoms with Crippen molar-refractivity contribution in [1.29, 1.82) is 0 Å². The number of rotatable bonds is 2. The summed E-state index contributed by atoms with van der Waals surface area (Å²) in [5.41, 5.74) is 9.34. The summed E-state index contributed by atoms with van der Waals surface area (Å²) in [7, 11) is 0. The Morgan fingerprint density at radius 3 is 2.03 bits per heavy atom. The van der Waals surface area contributed by atoms with Crippen LogP contribution in [0.5, 0.6) is 0 Å². The first-order chi connectivity index (χ1) is 13.8. The fourth-order valence-corrected chi connectivity index (χ4v) is 2.01. The van der Waals surface area contributed by atoms with Crippen LogP contribution in [0.1, 0.15) is 38.1 Å². The molecule has 168 valence electrons. The standard InChI is InChI=1S/C9H7N3O.C8H5N2O.2C2H6.2CH3.2Y/c10-9(13)6-3-5-11-7-2-1-4-12-8(6)7;1-2-4-7(5-3-1)8-10-9-6-11-8;2*1-2;;;;/h1-5H,(H2,10,13);1-5H;2*1-2H3;2*1H3;;/q;-1;;;2*-1;;/p-1. The molecule has 3 heterocycles. The molecule has 0 aliphatic carbocycles. The molecule has 4 rings (SSSR count). The number of fused-ring (bicyclic) bond motifs is 1. The van der Waals surface area contributed by atoms with Crippen LogP contribution >= 0.6 is 0 Å². The molecule has 32 heavy (non-hydrogen) atoms. The van der Waals surface area contributed by atoms with Gasteiger partial charge in [-0.3, -0.25) is 9.97 Å². The first-order valence-electron chi connectivity index (χ1n) is 8.96. The van der Waals surface area contributed by atoms with E-state index in [2.05, 4.69) is 26.6 Å². The fourth-order valence-electron chi connectivity index (χ4n) is 2.01. The first kappa shape index (κ1) is 37.9. The van der Waals surface area contributed by atoms with E-state index in [1.165, 1.54) is 12.3 Å². The summed E-state index contributed by atoms with van der Waals surface area (Å²) in [6, 6.07) is 14.6. The Morgan fingerprint density at radius 2 is 1.50 bits per heavy atom. The van der Waals surface area contributed by atoms with Crippen molar-refractivity contribution in [3.63, 3.8) is 0 Å². The molecule has 0 unspecified atom stereocenters. The van der Waals surface area contributed by atoms with Crippen molar-refractivity contribution in [2.45, 2.75) is 27.7 Å². The minimum atomic E-state index is -0.730. The van der Waals surface area contributed by atoms with Crippen molar-refractivity contribution in [2.24, 2.45) is 0 Å². The van der Waals surface area contributed by atoms with Crippen molar-refractivity contribution in [2.75, 3.05) is 0 Å². The molecule has 9 heteroatoms. The molecular weight excluding hydrogens is 556 g/mol. The van der Waals surface area contributed by atoms with E-state index in [1.807, 2.05) is 58.0 Å². The Labute approximate surface area is 242 Å². The van der Waals surface area contributed by atoms with Gasteiger partial charge in [0.1, 0.15) is 0 Å². The molecule has 1 aromatic carbocycles. The molecule has 3 aromatic heterocycles. The van der Waals surface area contributed by atoms with E-state index in [9.17, 15) is 4.79 Å². The van der Waals surface area contributed by atoms with Crippen molar-refractivity contribution in [3.05, 3.63) is 93.5 Å². The summed E-state index contributed by atoms with van der Waals surface area (Å²) in [6.45, 7) is 8.00. The molecular formula is C23H29N5O2Y2-4. The van der Waals surface area contributed by atoms with Crippen LogP contribution in [0.25, 0.3) is 28.2 Å². The van der Waals surface area contributed by atoms with Gasteiger partial charge in [0.2, 0.25) is 0 Å².